The molecule has 1 rings (SSSR count). The largest absolute Gasteiger partial charge is 0.387 e. The number of aliphatic hydroxyl groups excluding tert-OH is 1. The van der Waals surface area contributed by atoms with E-state index in [1.165, 1.54) is 5.56 Å². The zero-order chi connectivity index (χ0) is 9.14. The Morgan fingerprint density at radius 3 is 2.67 bits per heavy atom. The molecule has 66 valence electrons. The Morgan fingerprint density at radius 1 is 1.42 bits per heavy atom. The highest BCUT2D eigenvalue weighted by Gasteiger charge is 2.08. The van der Waals surface area contributed by atoms with Gasteiger partial charge in [-0.05, 0) is 30.5 Å². The molecule has 0 spiro atoms. The second-order valence-electron chi connectivity index (χ2n) is 2.96. The zero-order valence-corrected chi connectivity index (χ0v) is 8.10. The molecule has 0 heterocycles. The van der Waals surface area contributed by atoms with Gasteiger partial charge in [0, 0.05) is 0 Å². The van der Waals surface area contributed by atoms with E-state index in [-0.39, 0.29) is 5.88 Å². The predicted molar refractivity (Wildman–Crippen MR) is 51.6 cm³/mol. The van der Waals surface area contributed by atoms with E-state index in [1.807, 2.05) is 32.0 Å². The fourth-order valence-electron chi connectivity index (χ4n) is 1.22. The van der Waals surface area contributed by atoms with Gasteiger partial charge in [-0.25, -0.2) is 0 Å². The first-order valence-electron chi connectivity index (χ1n) is 3.97. The molecule has 0 aliphatic carbocycles. The highest BCUT2D eigenvalue weighted by atomic mass is 35.5. The second kappa shape index (κ2) is 3.92. The molecule has 0 bridgehead atoms. The Hall–Kier alpha value is -0.530. The fourth-order valence-corrected chi connectivity index (χ4v) is 1.38. The van der Waals surface area contributed by atoms with Crippen molar-refractivity contribution >= 4 is 11.6 Å². The van der Waals surface area contributed by atoms with Crippen LogP contribution in [0.2, 0.25) is 0 Å². The molecule has 2 heteroatoms. The van der Waals surface area contributed by atoms with E-state index in [0.29, 0.717) is 0 Å². The topological polar surface area (TPSA) is 20.2 Å². The van der Waals surface area contributed by atoms with Gasteiger partial charge in [-0.2, -0.15) is 0 Å². The Bertz CT molecular complexity index is 271. The molecule has 0 amide bonds. The van der Waals surface area contributed by atoms with Crippen LogP contribution in [-0.2, 0) is 0 Å². The molecular formula is C10H13ClO. The summed E-state index contributed by atoms with van der Waals surface area (Å²) in [6, 6.07) is 5.88. The van der Waals surface area contributed by atoms with E-state index in [1.54, 1.807) is 0 Å². The predicted octanol–water partition coefficient (Wildman–Crippen LogP) is 2.58. The summed E-state index contributed by atoms with van der Waals surface area (Å²) in [4.78, 5) is 0. The van der Waals surface area contributed by atoms with Crippen LogP contribution < -0.4 is 0 Å². The normalized spacial score (nSPS) is 13.0. The van der Waals surface area contributed by atoms with Crippen LogP contribution in [0.4, 0.5) is 0 Å². The molecule has 1 atom stereocenters. The van der Waals surface area contributed by atoms with E-state index in [9.17, 15) is 5.11 Å². The molecule has 0 aliphatic rings. The minimum atomic E-state index is -0.536. The summed E-state index contributed by atoms with van der Waals surface area (Å²) in [7, 11) is 0. The summed E-state index contributed by atoms with van der Waals surface area (Å²) in [5.74, 6) is 0.254. The van der Waals surface area contributed by atoms with Crippen molar-refractivity contribution in [3.8, 4) is 0 Å². The fraction of sp³-hybridized carbons (Fsp3) is 0.400. The maximum absolute atomic E-state index is 9.50. The van der Waals surface area contributed by atoms with Gasteiger partial charge < -0.3 is 5.11 Å². The average molecular weight is 185 g/mol. The van der Waals surface area contributed by atoms with Crippen LogP contribution in [0, 0.1) is 13.8 Å². The van der Waals surface area contributed by atoms with Crippen LogP contribution in [0.15, 0.2) is 18.2 Å². The van der Waals surface area contributed by atoms with Gasteiger partial charge in [0.15, 0.2) is 0 Å². The first-order chi connectivity index (χ1) is 5.66. The second-order valence-corrected chi connectivity index (χ2v) is 3.27. The lowest BCUT2D eigenvalue weighted by atomic mass is 10.0. The van der Waals surface area contributed by atoms with Gasteiger partial charge in [-0.3, -0.25) is 0 Å². The van der Waals surface area contributed by atoms with Gasteiger partial charge in [0.2, 0.25) is 0 Å². The molecular weight excluding hydrogens is 172 g/mol. The highest BCUT2D eigenvalue weighted by Crippen LogP contribution is 2.20. The molecule has 1 nitrogen and oxygen atoms in total. The lowest BCUT2D eigenvalue weighted by Gasteiger charge is -2.12. The Labute approximate surface area is 78.0 Å². The maximum atomic E-state index is 9.50. The quantitative estimate of drug-likeness (QED) is 0.701. The van der Waals surface area contributed by atoms with Crippen molar-refractivity contribution in [2.24, 2.45) is 0 Å². The molecule has 1 aromatic rings. The van der Waals surface area contributed by atoms with Crippen molar-refractivity contribution in [1.82, 2.24) is 0 Å². The lowest BCUT2D eigenvalue weighted by Crippen LogP contribution is -2.02. The number of halogens is 1. The average Bonchev–Trinajstić information content (AvgIpc) is 2.08. The van der Waals surface area contributed by atoms with Crippen LogP contribution in [-0.4, -0.2) is 11.0 Å². The van der Waals surface area contributed by atoms with Crippen LogP contribution >= 0.6 is 11.6 Å². The molecule has 0 fully saturated rings. The number of hydrogen-bond acceptors (Lipinski definition) is 1. The van der Waals surface area contributed by atoms with Crippen LogP contribution in [0.5, 0.6) is 0 Å². The smallest absolute Gasteiger partial charge is 0.0927 e. The lowest BCUT2D eigenvalue weighted by molar-refractivity contribution is 0.202. The first-order valence-corrected chi connectivity index (χ1v) is 4.50. The summed E-state index contributed by atoms with van der Waals surface area (Å²) in [6.07, 6.45) is -0.536. The Kier molecular flexibility index (Phi) is 3.12. The van der Waals surface area contributed by atoms with Crippen LogP contribution in [0.1, 0.15) is 22.8 Å². The summed E-state index contributed by atoms with van der Waals surface area (Å²) < 4.78 is 0. The minimum absolute atomic E-state index is 0.254. The molecule has 1 N–H and O–H groups in total. The maximum Gasteiger partial charge on any atom is 0.0927 e. The van der Waals surface area contributed by atoms with Crippen LogP contribution in [0.3, 0.4) is 0 Å². The standard InChI is InChI=1S/C10H13ClO/c1-7-4-3-5-9(8(7)2)10(12)6-11/h3-5,10,12H,6H2,1-2H3. The molecule has 0 saturated heterocycles. The van der Waals surface area contributed by atoms with Crippen molar-refractivity contribution in [2.75, 3.05) is 5.88 Å². The third-order valence-electron chi connectivity index (χ3n) is 2.15. The van der Waals surface area contributed by atoms with Crippen molar-refractivity contribution in [3.05, 3.63) is 34.9 Å². The van der Waals surface area contributed by atoms with Gasteiger partial charge in [0.25, 0.3) is 0 Å². The van der Waals surface area contributed by atoms with Crippen LogP contribution in [0.25, 0.3) is 0 Å². The molecule has 1 unspecified atom stereocenters. The third kappa shape index (κ3) is 1.79. The van der Waals surface area contributed by atoms with E-state index in [2.05, 4.69) is 0 Å². The van der Waals surface area contributed by atoms with Crippen molar-refractivity contribution < 1.29 is 5.11 Å². The Morgan fingerprint density at radius 2 is 2.08 bits per heavy atom. The van der Waals surface area contributed by atoms with Crippen molar-refractivity contribution in [2.45, 2.75) is 20.0 Å². The molecule has 1 aromatic carbocycles. The van der Waals surface area contributed by atoms with Gasteiger partial charge >= 0.3 is 0 Å². The number of rotatable bonds is 2. The summed E-state index contributed by atoms with van der Waals surface area (Å²) >= 11 is 5.56. The van der Waals surface area contributed by atoms with Gasteiger partial charge in [0.1, 0.15) is 0 Å². The van der Waals surface area contributed by atoms with Gasteiger partial charge in [-0.15, -0.1) is 11.6 Å². The molecule has 0 aromatic heterocycles. The molecule has 0 radical (unpaired) electrons. The van der Waals surface area contributed by atoms with Gasteiger partial charge in [-0.1, -0.05) is 18.2 Å². The number of aliphatic hydroxyl groups is 1. The van der Waals surface area contributed by atoms with E-state index in [4.69, 9.17) is 11.6 Å². The van der Waals surface area contributed by atoms with Gasteiger partial charge in [0.05, 0.1) is 12.0 Å². The number of benzene rings is 1. The van der Waals surface area contributed by atoms with E-state index < -0.39 is 6.10 Å². The summed E-state index contributed by atoms with van der Waals surface area (Å²) in [5.41, 5.74) is 3.26. The summed E-state index contributed by atoms with van der Waals surface area (Å²) in [6.45, 7) is 4.03. The SMILES string of the molecule is Cc1cccc(C(O)CCl)c1C. The molecule has 12 heavy (non-hydrogen) atoms. The number of aryl methyl sites for hydroxylation is 1. The minimum Gasteiger partial charge on any atom is -0.387 e. The summed E-state index contributed by atoms with van der Waals surface area (Å²) in [5, 5.41) is 9.50. The number of alkyl halides is 1. The van der Waals surface area contributed by atoms with Crippen molar-refractivity contribution in [3.63, 3.8) is 0 Å². The number of hydrogen-bond donors (Lipinski definition) is 1. The van der Waals surface area contributed by atoms with E-state index >= 15 is 0 Å². The van der Waals surface area contributed by atoms with Crippen molar-refractivity contribution in [1.29, 1.82) is 0 Å². The highest BCUT2D eigenvalue weighted by molar-refractivity contribution is 6.18. The van der Waals surface area contributed by atoms with E-state index in [0.717, 1.165) is 11.1 Å². The zero-order valence-electron chi connectivity index (χ0n) is 7.34. The molecule has 0 aliphatic heterocycles. The monoisotopic (exact) mass is 184 g/mol. The molecule has 0 saturated carbocycles. The first kappa shape index (κ1) is 9.56. The third-order valence-corrected chi connectivity index (χ3v) is 2.44. The Balaban J connectivity index is 3.07.